The number of amides is 1. The number of fused-ring (bicyclic) bond motifs is 2. The Hall–Kier alpha value is -3.90. The van der Waals surface area contributed by atoms with Crippen molar-refractivity contribution in [3.05, 3.63) is 105 Å². The molecule has 1 aliphatic heterocycles. The van der Waals surface area contributed by atoms with Gasteiger partial charge in [-0.05, 0) is 67.3 Å². The molecule has 1 atom stereocenters. The second kappa shape index (κ2) is 9.39. The standard InChI is InChI=1S/C29H27NO5/c1-18-15-19(2)27-23(16-18)26(31)24-25(30(13-8-14-33-3)29(32)28(24)35-27)20-9-7-12-22(17-20)34-21-10-5-4-6-11-21/h4-7,9-12,15-17,25H,8,13-14H2,1-3H3. The van der Waals surface area contributed by atoms with Gasteiger partial charge in [0.05, 0.1) is 17.0 Å². The SMILES string of the molecule is COCCCN1C(=O)c2oc3c(C)cc(C)cc3c(=O)c2C1c1cccc(Oc2ccccc2)c1. The third kappa shape index (κ3) is 4.21. The molecule has 6 heteroatoms. The summed E-state index contributed by atoms with van der Waals surface area (Å²) >= 11 is 0. The van der Waals surface area contributed by atoms with Gasteiger partial charge in [0, 0.05) is 20.3 Å². The monoisotopic (exact) mass is 469 g/mol. The third-order valence-electron chi connectivity index (χ3n) is 6.30. The van der Waals surface area contributed by atoms with E-state index < -0.39 is 6.04 Å². The van der Waals surface area contributed by atoms with Gasteiger partial charge in [0.2, 0.25) is 5.76 Å². The smallest absolute Gasteiger partial charge is 0.290 e. The van der Waals surface area contributed by atoms with Gasteiger partial charge >= 0.3 is 0 Å². The summed E-state index contributed by atoms with van der Waals surface area (Å²) < 4.78 is 17.4. The molecule has 1 aromatic heterocycles. The summed E-state index contributed by atoms with van der Waals surface area (Å²) in [7, 11) is 1.63. The molecular weight excluding hydrogens is 442 g/mol. The number of para-hydroxylation sites is 1. The van der Waals surface area contributed by atoms with Crippen molar-refractivity contribution in [1.29, 1.82) is 0 Å². The Morgan fingerprint density at radius 1 is 0.943 bits per heavy atom. The van der Waals surface area contributed by atoms with Crippen molar-refractivity contribution in [2.75, 3.05) is 20.3 Å². The van der Waals surface area contributed by atoms with E-state index in [9.17, 15) is 9.59 Å². The molecule has 1 amide bonds. The number of hydrogen-bond donors (Lipinski definition) is 0. The Morgan fingerprint density at radius 2 is 1.71 bits per heavy atom. The number of methoxy groups -OCH3 is 1. The molecule has 0 radical (unpaired) electrons. The summed E-state index contributed by atoms with van der Waals surface area (Å²) in [6.07, 6.45) is 0.638. The molecule has 1 aliphatic rings. The summed E-state index contributed by atoms with van der Waals surface area (Å²) in [5.74, 6) is 1.17. The van der Waals surface area contributed by atoms with Crippen LogP contribution < -0.4 is 10.2 Å². The van der Waals surface area contributed by atoms with Crippen molar-refractivity contribution < 1.29 is 18.7 Å². The lowest BCUT2D eigenvalue weighted by molar-refractivity contribution is 0.0707. The molecule has 0 saturated carbocycles. The Bertz CT molecular complexity index is 1460. The normalized spacial score (nSPS) is 15.0. The van der Waals surface area contributed by atoms with E-state index in [1.807, 2.05) is 80.6 Å². The largest absolute Gasteiger partial charge is 0.457 e. The van der Waals surface area contributed by atoms with Crippen LogP contribution in [-0.2, 0) is 4.74 Å². The summed E-state index contributed by atoms with van der Waals surface area (Å²) in [5, 5.41) is 0.495. The van der Waals surface area contributed by atoms with Crippen molar-refractivity contribution in [2.24, 2.45) is 0 Å². The number of rotatable bonds is 7. The van der Waals surface area contributed by atoms with E-state index in [-0.39, 0.29) is 17.1 Å². The highest BCUT2D eigenvalue weighted by Gasteiger charge is 2.42. The van der Waals surface area contributed by atoms with E-state index in [4.69, 9.17) is 13.9 Å². The predicted octanol–water partition coefficient (Wildman–Crippen LogP) is 5.78. The number of carbonyl (C=O) groups is 1. The second-order valence-corrected chi connectivity index (χ2v) is 8.87. The average Bonchev–Trinajstić information content (AvgIpc) is 3.13. The van der Waals surface area contributed by atoms with E-state index in [1.165, 1.54) is 0 Å². The Balaban J connectivity index is 1.65. The molecule has 6 nitrogen and oxygen atoms in total. The van der Waals surface area contributed by atoms with E-state index >= 15 is 0 Å². The maximum absolute atomic E-state index is 13.8. The highest BCUT2D eigenvalue weighted by atomic mass is 16.5. The van der Waals surface area contributed by atoms with Gasteiger partial charge in [-0.15, -0.1) is 0 Å². The number of nitrogens with zero attached hydrogens (tertiary/aromatic N) is 1. The van der Waals surface area contributed by atoms with Crippen molar-refractivity contribution in [3.8, 4) is 11.5 Å². The maximum atomic E-state index is 13.8. The minimum absolute atomic E-state index is 0.117. The average molecular weight is 470 g/mol. The predicted molar refractivity (Wildman–Crippen MR) is 134 cm³/mol. The number of hydrogen-bond acceptors (Lipinski definition) is 5. The first kappa shape index (κ1) is 22.9. The number of benzene rings is 3. The number of ether oxygens (including phenoxy) is 2. The molecule has 0 fully saturated rings. The first-order valence-electron chi connectivity index (χ1n) is 11.7. The van der Waals surface area contributed by atoms with Crippen molar-refractivity contribution in [3.63, 3.8) is 0 Å². The molecule has 0 aliphatic carbocycles. The van der Waals surface area contributed by atoms with E-state index in [2.05, 4.69) is 0 Å². The molecule has 1 unspecified atom stereocenters. The number of carbonyl (C=O) groups excluding carboxylic acids is 1. The molecule has 0 spiro atoms. The fourth-order valence-corrected chi connectivity index (χ4v) is 4.80. The van der Waals surface area contributed by atoms with Crippen molar-refractivity contribution >= 4 is 16.9 Å². The Morgan fingerprint density at radius 3 is 2.49 bits per heavy atom. The Labute approximate surface area is 203 Å². The molecule has 0 saturated heterocycles. The summed E-state index contributed by atoms with van der Waals surface area (Å²) in [4.78, 5) is 29.1. The fraction of sp³-hybridized carbons (Fsp3) is 0.241. The van der Waals surface area contributed by atoms with E-state index in [0.29, 0.717) is 47.6 Å². The molecule has 0 bridgehead atoms. The lowest BCUT2D eigenvalue weighted by Crippen LogP contribution is -2.31. The van der Waals surface area contributed by atoms with Crippen LogP contribution in [0.15, 0.2) is 75.9 Å². The molecule has 4 aromatic rings. The maximum Gasteiger partial charge on any atom is 0.290 e. The van der Waals surface area contributed by atoms with Crippen molar-refractivity contribution in [1.82, 2.24) is 4.90 Å². The first-order valence-corrected chi connectivity index (χ1v) is 11.7. The minimum atomic E-state index is -0.574. The minimum Gasteiger partial charge on any atom is -0.457 e. The lowest BCUT2D eigenvalue weighted by Gasteiger charge is -2.25. The van der Waals surface area contributed by atoms with Crippen LogP contribution in [0.4, 0.5) is 0 Å². The van der Waals surface area contributed by atoms with Crippen molar-refractivity contribution in [2.45, 2.75) is 26.3 Å². The van der Waals surface area contributed by atoms with Crippen LogP contribution in [0.5, 0.6) is 11.5 Å². The van der Waals surface area contributed by atoms with Gasteiger partial charge in [-0.1, -0.05) is 36.4 Å². The van der Waals surface area contributed by atoms with Crippen LogP contribution in [0.25, 0.3) is 11.0 Å². The van der Waals surface area contributed by atoms with Crippen LogP contribution in [0.2, 0.25) is 0 Å². The summed E-state index contributed by atoms with van der Waals surface area (Å²) in [6.45, 7) is 4.77. The first-order chi connectivity index (χ1) is 17.0. The molecule has 2 heterocycles. The topological polar surface area (TPSA) is 69.0 Å². The highest BCUT2D eigenvalue weighted by Crippen LogP contribution is 2.40. The molecule has 35 heavy (non-hydrogen) atoms. The van der Waals surface area contributed by atoms with Crippen LogP contribution >= 0.6 is 0 Å². The molecule has 3 aromatic carbocycles. The lowest BCUT2D eigenvalue weighted by atomic mass is 9.97. The van der Waals surface area contributed by atoms with Gasteiger partial charge in [0.25, 0.3) is 5.91 Å². The zero-order valence-corrected chi connectivity index (χ0v) is 20.0. The van der Waals surface area contributed by atoms with Crippen LogP contribution in [-0.4, -0.2) is 31.1 Å². The number of aryl methyl sites for hydroxylation is 2. The molecule has 5 rings (SSSR count). The van der Waals surface area contributed by atoms with E-state index in [0.717, 1.165) is 16.7 Å². The van der Waals surface area contributed by atoms with Gasteiger partial charge < -0.3 is 18.8 Å². The second-order valence-electron chi connectivity index (χ2n) is 8.87. The van der Waals surface area contributed by atoms with Crippen LogP contribution in [0.1, 0.15) is 45.3 Å². The van der Waals surface area contributed by atoms with Crippen LogP contribution in [0, 0.1) is 13.8 Å². The zero-order valence-electron chi connectivity index (χ0n) is 20.0. The molecule has 178 valence electrons. The van der Waals surface area contributed by atoms with E-state index in [1.54, 1.807) is 12.0 Å². The summed E-state index contributed by atoms with van der Waals surface area (Å²) in [6, 6.07) is 20.2. The highest BCUT2D eigenvalue weighted by molar-refractivity contribution is 5.99. The third-order valence-corrected chi connectivity index (χ3v) is 6.30. The summed E-state index contributed by atoms with van der Waals surface area (Å²) in [5.41, 5.74) is 3.26. The molecular formula is C29H27NO5. The van der Waals surface area contributed by atoms with Gasteiger partial charge in [0.15, 0.2) is 5.43 Å². The van der Waals surface area contributed by atoms with Gasteiger partial charge in [-0.2, -0.15) is 0 Å². The fourth-order valence-electron chi connectivity index (χ4n) is 4.80. The van der Waals surface area contributed by atoms with Gasteiger partial charge in [-0.3, -0.25) is 9.59 Å². The van der Waals surface area contributed by atoms with Crippen LogP contribution in [0.3, 0.4) is 0 Å². The van der Waals surface area contributed by atoms with Gasteiger partial charge in [0.1, 0.15) is 17.1 Å². The Kier molecular flexibility index (Phi) is 6.14. The van der Waals surface area contributed by atoms with Gasteiger partial charge in [-0.25, -0.2) is 0 Å². The zero-order chi connectivity index (χ0) is 24.5. The molecule has 0 N–H and O–H groups in total. The quantitative estimate of drug-likeness (QED) is 0.321.